The van der Waals surface area contributed by atoms with Gasteiger partial charge in [-0.2, -0.15) is 0 Å². The van der Waals surface area contributed by atoms with Crippen LogP contribution in [0.15, 0.2) is 24.5 Å². The van der Waals surface area contributed by atoms with Gasteiger partial charge in [0.1, 0.15) is 18.0 Å². The summed E-state index contributed by atoms with van der Waals surface area (Å²) in [5.74, 6) is 1.20. The van der Waals surface area contributed by atoms with Gasteiger partial charge in [-0.05, 0) is 31.9 Å². The maximum Gasteiger partial charge on any atom is 0.229 e. The number of aliphatic hydroxyl groups is 1. The molecule has 174 valence electrons. The highest BCUT2D eigenvalue weighted by Gasteiger charge is 2.42. The number of carbonyl (C=O) groups is 1. The van der Waals surface area contributed by atoms with Crippen molar-refractivity contribution in [3.8, 4) is 16.9 Å². The number of methoxy groups -OCH3 is 1. The van der Waals surface area contributed by atoms with E-state index in [1.807, 2.05) is 12.1 Å². The normalized spacial score (nSPS) is 24.8. The highest BCUT2D eigenvalue weighted by Crippen LogP contribution is 2.41. The molecule has 2 fully saturated rings. The Labute approximate surface area is 194 Å². The first kappa shape index (κ1) is 22.1. The second-order valence-corrected chi connectivity index (χ2v) is 9.90. The second kappa shape index (κ2) is 8.58. The van der Waals surface area contributed by atoms with E-state index in [0.29, 0.717) is 16.7 Å². The van der Waals surface area contributed by atoms with Gasteiger partial charge in [-0.1, -0.05) is 11.3 Å². The molecular formula is C23H25FN4O4S. The Morgan fingerprint density at radius 3 is 2.70 bits per heavy atom. The van der Waals surface area contributed by atoms with E-state index in [1.165, 1.54) is 18.3 Å². The first-order valence-electron chi connectivity index (χ1n) is 10.9. The number of rotatable bonds is 7. The number of benzene rings is 1. The summed E-state index contributed by atoms with van der Waals surface area (Å²) in [7, 11) is 1.59. The number of nitrogens with one attached hydrogen (secondary N) is 1. The molecule has 1 unspecified atom stereocenters. The first-order valence-corrected chi connectivity index (χ1v) is 11.7. The lowest BCUT2D eigenvalue weighted by Gasteiger charge is -2.15. The zero-order valence-corrected chi connectivity index (χ0v) is 19.2. The molecule has 0 saturated heterocycles. The van der Waals surface area contributed by atoms with Crippen molar-refractivity contribution in [2.45, 2.75) is 57.1 Å². The van der Waals surface area contributed by atoms with Gasteiger partial charge in [0.05, 0.1) is 29.5 Å². The van der Waals surface area contributed by atoms with Crippen LogP contribution in [0.25, 0.3) is 21.3 Å². The monoisotopic (exact) mass is 472 g/mol. The van der Waals surface area contributed by atoms with Crippen LogP contribution in [0.3, 0.4) is 0 Å². The smallest absolute Gasteiger partial charge is 0.229 e. The van der Waals surface area contributed by atoms with Gasteiger partial charge in [-0.15, -0.1) is 0 Å². The van der Waals surface area contributed by atoms with E-state index in [9.17, 15) is 14.3 Å². The minimum atomic E-state index is -1.42. The Morgan fingerprint density at radius 1 is 1.30 bits per heavy atom. The highest BCUT2D eigenvalue weighted by molar-refractivity contribution is 7.22. The fourth-order valence-corrected chi connectivity index (χ4v) is 5.12. The Balaban J connectivity index is 1.32. The minimum absolute atomic E-state index is 0.0146. The number of fused-ring (bicyclic) bond motifs is 1. The molecule has 1 amide bonds. The maximum atomic E-state index is 14.1. The van der Waals surface area contributed by atoms with Crippen LogP contribution in [0.1, 0.15) is 38.4 Å². The zero-order valence-electron chi connectivity index (χ0n) is 18.4. The number of hydrogen-bond acceptors (Lipinski definition) is 8. The summed E-state index contributed by atoms with van der Waals surface area (Å²) in [6, 6.07) is 3.77. The van der Waals surface area contributed by atoms with Crippen LogP contribution in [0.2, 0.25) is 0 Å². The van der Waals surface area contributed by atoms with Crippen LogP contribution in [-0.2, 0) is 16.1 Å². The number of hydrogen-bond donors (Lipinski definition) is 2. The predicted molar refractivity (Wildman–Crippen MR) is 122 cm³/mol. The van der Waals surface area contributed by atoms with E-state index in [2.05, 4.69) is 20.3 Å². The molecule has 2 N–H and O–H groups in total. The van der Waals surface area contributed by atoms with E-state index in [-0.39, 0.29) is 31.3 Å². The van der Waals surface area contributed by atoms with Crippen molar-refractivity contribution in [1.82, 2.24) is 15.0 Å². The number of aliphatic hydroxyl groups excluding tert-OH is 1. The van der Waals surface area contributed by atoms with E-state index in [1.54, 1.807) is 19.5 Å². The standard InChI is InChI=1S/C23H25FN4O4S/c1-23(24)7-16(29)17(8-23)32-11-18-25-9-13(10-26-18)14-5-6-15-20(19(14)31-2)33-22(27-15)28-21(30)12-3-4-12/h5-6,9-10,12,16-17,29H,3-4,7-8,11H2,1-2H3,(H,27,28,30)/t16-,17-,23?/m0/s1. The molecule has 10 heteroatoms. The first-order chi connectivity index (χ1) is 15.8. The Morgan fingerprint density at radius 2 is 2.06 bits per heavy atom. The zero-order chi connectivity index (χ0) is 23.2. The molecule has 0 bridgehead atoms. The van der Waals surface area contributed by atoms with Gasteiger partial charge < -0.3 is 19.9 Å². The molecule has 0 aliphatic heterocycles. The fraction of sp³-hybridized carbons (Fsp3) is 0.478. The molecule has 2 saturated carbocycles. The van der Waals surface area contributed by atoms with E-state index < -0.39 is 17.9 Å². The van der Waals surface area contributed by atoms with Crippen LogP contribution in [0.4, 0.5) is 9.52 Å². The van der Waals surface area contributed by atoms with E-state index in [0.717, 1.165) is 34.2 Å². The van der Waals surface area contributed by atoms with Crippen molar-refractivity contribution in [2.75, 3.05) is 12.4 Å². The number of amides is 1. The lowest BCUT2D eigenvalue weighted by molar-refractivity contribution is -0.117. The average Bonchev–Trinajstić information content (AvgIpc) is 3.50. The maximum absolute atomic E-state index is 14.1. The molecule has 0 radical (unpaired) electrons. The van der Waals surface area contributed by atoms with E-state index >= 15 is 0 Å². The quantitative estimate of drug-likeness (QED) is 0.537. The molecule has 2 aromatic heterocycles. The minimum Gasteiger partial charge on any atom is -0.495 e. The third-order valence-electron chi connectivity index (χ3n) is 6.03. The van der Waals surface area contributed by atoms with Crippen molar-refractivity contribution in [1.29, 1.82) is 0 Å². The molecule has 2 heterocycles. The molecule has 1 aromatic carbocycles. The van der Waals surface area contributed by atoms with Crippen molar-refractivity contribution in [3.63, 3.8) is 0 Å². The van der Waals surface area contributed by atoms with Crippen molar-refractivity contribution in [3.05, 3.63) is 30.4 Å². The summed E-state index contributed by atoms with van der Waals surface area (Å²) in [5.41, 5.74) is 0.890. The molecule has 3 atom stereocenters. The van der Waals surface area contributed by atoms with Crippen molar-refractivity contribution in [2.24, 2.45) is 5.92 Å². The predicted octanol–water partition coefficient (Wildman–Crippen LogP) is 3.88. The van der Waals surface area contributed by atoms with Gasteiger partial charge in [0.2, 0.25) is 5.91 Å². The average molecular weight is 473 g/mol. The summed E-state index contributed by atoms with van der Waals surface area (Å²) in [6.07, 6.45) is 4.06. The summed E-state index contributed by atoms with van der Waals surface area (Å²) in [6.45, 7) is 1.56. The fourth-order valence-electron chi connectivity index (χ4n) is 4.13. The Kier molecular flexibility index (Phi) is 5.75. The number of thiazole rings is 1. The van der Waals surface area contributed by atoms with Crippen molar-refractivity contribution < 1.29 is 23.8 Å². The highest BCUT2D eigenvalue weighted by atomic mass is 32.1. The SMILES string of the molecule is COc1c(-c2cnc(CO[C@H]3CC(C)(F)C[C@@H]3O)nc2)ccc2nc(NC(=O)C3CC3)sc12. The van der Waals surface area contributed by atoms with Crippen LogP contribution in [-0.4, -0.2) is 51.0 Å². The number of aromatic nitrogens is 3. The lowest BCUT2D eigenvalue weighted by Crippen LogP contribution is -2.23. The summed E-state index contributed by atoms with van der Waals surface area (Å²) < 4.78 is 26.2. The van der Waals surface area contributed by atoms with Crippen LogP contribution < -0.4 is 10.1 Å². The van der Waals surface area contributed by atoms with Crippen LogP contribution >= 0.6 is 11.3 Å². The molecule has 33 heavy (non-hydrogen) atoms. The molecule has 8 nitrogen and oxygen atoms in total. The van der Waals surface area contributed by atoms with Gasteiger partial charge in [-0.3, -0.25) is 4.79 Å². The third-order valence-corrected chi connectivity index (χ3v) is 7.01. The van der Waals surface area contributed by atoms with Crippen molar-refractivity contribution >= 4 is 32.6 Å². The number of carbonyl (C=O) groups excluding carboxylic acids is 1. The van der Waals surface area contributed by atoms with Gasteiger partial charge in [0, 0.05) is 42.3 Å². The van der Waals surface area contributed by atoms with Gasteiger partial charge in [0.25, 0.3) is 0 Å². The lowest BCUT2D eigenvalue weighted by atomic mass is 10.1. The number of nitrogens with zero attached hydrogens (tertiary/aromatic N) is 3. The molecule has 5 rings (SSSR count). The molecule has 2 aliphatic carbocycles. The Bertz CT molecular complexity index is 1180. The topological polar surface area (TPSA) is 106 Å². The van der Waals surface area contributed by atoms with Gasteiger partial charge >= 0.3 is 0 Å². The number of halogens is 1. The molecule has 0 spiro atoms. The Hall–Kier alpha value is -2.69. The summed E-state index contributed by atoms with van der Waals surface area (Å²) in [5, 5.41) is 13.4. The second-order valence-electron chi connectivity index (χ2n) is 8.90. The molecule has 3 aromatic rings. The number of alkyl halides is 1. The summed E-state index contributed by atoms with van der Waals surface area (Å²) in [4.78, 5) is 25.3. The van der Waals surface area contributed by atoms with E-state index in [4.69, 9.17) is 9.47 Å². The summed E-state index contributed by atoms with van der Waals surface area (Å²) >= 11 is 1.37. The van der Waals surface area contributed by atoms with Crippen LogP contribution in [0, 0.1) is 5.92 Å². The molecule has 2 aliphatic rings. The number of ether oxygens (including phenoxy) is 2. The third kappa shape index (κ3) is 4.68. The van der Waals surface area contributed by atoms with Crippen LogP contribution in [0.5, 0.6) is 5.75 Å². The number of anilines is 1. The van der Waals surface area contributed by atoms with Gasteiger partial charge in [0.15, 0.2) is 11.0 Å². The molecular weight excluding hydrogens is 447 g/mol. The largest absolute Gasteiger partial charge is 0.495 e. The van der Waals surface area contributed by atoms with Gasteiger partial charge in [-0.25, -0.2) is 19.3 Å².